The highest BCUT2D eigenvalue weighted by Crippen LogP contribution is 2.70. The van der Waals surface area contributed by atoms with Crippen LogP contribution in [0.1, 0.15) is 25.5 Å². The van der Waals surface area contributed by atoms with Gasteiger partial charge >= 0.3 is 5.97 Å². The number of hydrogen-bond donors (Lipinski definition) is 1. The predicted molar refractivity (Wildman–Crippen MR) is 70.8 cm³/mol. The molecule has 0 spiro atoms. The average molecular weight is 280 g/mol. The van der Waals surface area contributed by atoms with E-state index >= 15 is 0 Å². The monoisotopic (exact) mass is 280 g/mol. The predicted octanol–water partition coefficient (Wildman–Crippen LogP) is 2.58. The van der Waals surface area contributed by atoms with Crippen LogP contribution in [-0.4, -0.2) is 22.1 Å². The molecule has 0 radical (unpaired) electrons. The van der Waals surface area contributed by atoms with E-state index in [2.05, 4.69) is 0 Å². The van der Waals surface area contributed by atoms with Gasteiger partial charge in [0.05, 0.1) is 17.9 Å². The Hall–Kier alpha value is -1.23. The molecule has 0 aliphatic heterocycles. The number of Topliss-reactive ketones (excluding diaryl/α,β-unsaturated/α-hetero) is 1. The van der Waals surface area contributed by atoms with Gasteiger partial charge in [0.2, 0.25) is 0 Å². The Balaban J connectivity index is 1.71. The molecule has 0 saturated heterocycles. The number of rotatable bonds is 5. The summed E-state index contributed by atoms with van der Waals surface area (Å²) >= 11 is 1.65. The first-order chi connectivity index (χ1) is 9.11. The topological polar surface area (TPSA) is 67.5 Å². The molecule has 2 aliphatic rings. The number of furan rings is 1. The van der Waals surface area contributed by atoms with E-state index in [0.29, 0.717) is 18.6 Å². The number of carboxylic acid groups (broad SMARTS) is 1. The lowest BCUT2D eigenvalue weighted by atomic mass is 9.95. The Kier molecular flexibility index (Phi) is 2.96. The fraction of sp³-hybridized carbons (Fsp3) is 0.571. The summed E-state index contributed by atoms with van der Waals surface area (Å²) in [6.45, 7) is 1.92. The fourth-order valence-electron chi connectivity index (χ4n) is 3.65. The molecule has 4 atom stereocenters. The van der Waals surface area contributed by atoms with Gasteiger partial charge in [-0.15, -0.1) is 11.8 Å². The summed E-state index contributed by atoms with van der Waals surface area (Å²) in [4.78, 5) is 23.4. The van der Waals surface area contributed by atoms with Crippen molar-refractivity contribution in [1.29, 1.82) is 0 Å². The highest BCUT2D eigenvalue weighted by molar-refractivity contribution is 7.99. The van der Waals surface area contributed by atoms with Crippen LogP contribution in [0.5, 0.6) is 0 Å². The number of carboxylic acids is 1. The van der Waals surface area contributed by atoms with Gasteiger partial charge in [-0.05, 0) is 24.5 Å². The molecule has 4 nitrogen and oxygen atoms in total. The maximum atomic E-state index is 12.2. The van der Waals surface area contributed by atoms with Crippen molar-refractivity contribution in [2.24, 2.45) is 17.3 Å². The molecule has 0 aromatic carbocycles. The van der Waals surface area contributed by atoms with Crippen LogP contribution in [0.4, 0.5) is 0 Å². The van der Waals surface area contributed by atoms with Crippen LogP contribution in [0.3, 0.4) is 0 Å². The first kappa shape index (κ1) is 12.8. The van der Waals surface area contributed by atoms with Gasteiger partial charge in [-0.2, -0.15) is 0 Å². The number of aliphatic carboxylic acids is 1. The maximum absolute atomic E-state index is 12.2. The zero-order chi connectivity index (χ0) is 13.6. The Labute approximate surface area is 115 Å². The van der Waals surface area contributed by atoms with Crippen LogP contribution in [0, 0.1) is 17.3 Å². The van der Waals surface area contributed by atoms with Crippen LogP contribution in [0.2, 0.25) is 0 Å². The molecule has 5 heteroatoms. The molecule has 1 aromatic heterocycles. The molecule has 1 heterocycles. The van der Waals surface area contributed by atoms with E-state index in [1.807, 2.05) is 19.1 Å². The van der Waals surface area contributed by atoms with E-state index in [1.165, 1.54) is 0 Å². The molecule has 19 heavy (non-hydrogen) atoms. The van der Waals surface area contributed by atoms with Crippen molar-refractivity contribution in [3.8, 4) is 0 Å². The van der Waals surface area contributed by atoms with Gasteiger partial charge in [-0.3, -0.25) is 9.59 Å². The van der Waals surface area contributed by atoms with Crippen molar-refractivity contribution in [2.75, 3.05) is 0 Å². The van der Waals surface area contributed by atoms with Crippen LogP contribution in [-0.2, 0) is 15.3 Å². The molecule has 3 rings (SSSR count). The van der Waals surface area contributed by atoms with E-state index in [9.17, 15) is 14.7 Å². The lowest BCUT2D eigenvalue weighted by molar-refractivity contribution is -0.142. The molecule has 4 unspecified atom stereocenters. The Morgan fingerprint density at radius 2 is 2.42 bits per heavy atom. The van der Waals surface area contributed by atoms with Crippen molar-refractivity contribution in [1.82, 2.24) is 0 Å². The average Bonchev–Trinajstić information content (AvgIpc) is 2.66. The zero-order valence-electron chi connectivity index (χ0n) is 10.7. The molecule has 102 valence electrons. The van der Waals surface area contributed by atoms with Gasteiger partial charge in [0.15, 0.2) is 0 Å². The Morgan fingerprint density at radius 3 is 2.95 bits per heavy atom. The van der Waals surface area contributed by atoms with Crippen molar-refractivity contribution in [3.63, 3.8) is 0 Å². The van der Waals surface area contributed by atoms with Crippen molar-refractivity contribution < 1.29 is 19.1 Å². The van der Waals surface area contributed by atoms with Gasteiger partial charge in [0.1, 0.15) is 11.5 Å². The van der Waals surface area contributed by atoms with Crippen molar-refractivity contribution >= 4 is 23.5 Å². The lowest BCUT2D eigenvalue weighted by Gasteiger charge is -2.11. The first-order valence-electron chi connectivity index (χ1n) is 6.51. The van der Waals surface area contributed by atoms with Gasteiger partial charge < -0.3 is 9.52 Å². The molecular formula is C14H16O4S. The molecule has 1 aromatic rings. The summed E-state index contributed by atoms with van der Waals surface area (Å²) < 4.78 is 5.27. The van der Waals surface area contributed by atoms with Gasteiger partial charge in [-0.25, -0.2) is 0 Å². The normalized spacial score (nSPS) is 36.3. The Bertz CT molecular complexity index is 510. The summed E-state index contributed by atoms with van der Waals surface area (Å²) in [5.41, 5.74) is -0.563. The first-order valence-corrected chi connectivity index (χ1v) is 7.56. The molecule has 0 amide bonds. The minimum Gasteiger partial charge on any atom is -0.481 e. The van der Waals surface area contributed by atoms with E-state index in [-0.39, 0.29) is 17.0 Å². The smallest absolute Gasteiger partial charge is 0.307 e. The molecule has 2 saturated carbocycles. The SMILES string of the molecule is CCC12C(=O)CC(SCc3ccco3)C1C2C(=O)O. The summed E-state index contributed by atoms with van der Waals surface area (Å²) in [7, 11) is 0. The number of thioether (sulfide) groups is 1. The maximum Gasteiger partial charge on any atom is 0.307 e. The largest absolute Gasteiger partial charge is 0.481 e. The van der Waals surface area contributed by atoms with Crippen LogP contribution in [0.25, 0.3) is 0 Å². The second-order valence-electron chi connectivity index (χ2n) is 5.29. The fourth-order valence-corrected chi connectivity index (χ4v) is 5.07. The highest BCUT2D eigenvalue weighted by Gasteiger charge is 2.77. The van der Waals surface area contributed by atoms with E-state index in [0.717, 1.165) is 5.76 Å². The zero-order valence-corrected chi connectivity index (χ0v) is 11.5. The second-order valence-corrected chi connectivity index (χ2v) is 6.52. The number of fused-ring (bicyclic) bond motifs is 1. The molecule has 0 bridgehead atoms. The van der Waals surface area contributed by atoms with Crippen molar-refractivity contribution in [3.05, 3.63) is 24.2 Å². The van der Waals surface area contributed by atoms with E-state index < -0.39 is 17.3 Å². The van der Waals surface area contributed by atoms with Gasteiger partial charge in [0.25, 0.3) is 0 Å². The quantitative estimate of drug-likeness (QED) is 0.898. The molecule has 2 aliphatic carbocycles. The van der Waals surface area contributed by atoms with Gasteiger partial charge in [-0.1, -0.05) is 6.92 Å². The Morgan fingerprint density at radius 1 is 1.63 bits per heavy atom. The minimum atomic E-state index is -0.816. The molecule has 2 fully saturated rings. The summed E-state index contributed by atoms with van der Waals surface area (Å²) in [5, 5.41) is 9.39. The number of carbonyl (C=O) groups is 2. The molecular weight excluding hydrogens is 264 g/mol. The van der Waals surface area contributed by atoms with Crippen LogP contribution in [0.15, 0.2) is 22.8 Å². The van der Waals surface area contributed by atoms with E-state index in [4.69, 9.17) is 4.42 Å². The summed E-state index contributed by atoms with van der Waals surface area (Å²) in [6.07, 6.45) is 2.78. The minimum absolute atomic E-state index is 0.0162. The molecule has 1 N–H and O–H groups in total. The number of ketones is 1. The van der Waals surface area contributed by atoms with Gasteiger partial charge in [0, 0.05) is 17.1 Å². The third kappa shape index (κ3) is 1.75. The summed E-state index contributed by atoms with van der Waals surface area (Å²) in [5.74, 6) is 0.454. The summed E-state index contributed by atoms with van der Waals surface area (Å²) in [6, 6.07) is 3.74. The standard InChI is InChI=1S/C14H16O4S/c1-2-14-10(15)6-9(11(14)12(14)13(16)17)19-7-8-4-3-5-18-8/h3-5,9,11-12H,2,6-7H2,1H3,(H,16,17). The third-order valence-electron chi connectivity index (χ3n) is 4.58. The van der Waals surface area contributed by atoms with Crippen LogP contribution < -0.4 is 0 Å². The third-order valence-corrected chi connectivity index (χ3v) is 5.92. The lowest BCUT2D eigenvalue weighted by Crippen LogP contribution is -2.20. The van der Waals surface area contributed by atoms with Crippen LogP contribution >= 0.6 is 11.8 Å². The number of carbonyl (C=O) groups excluding carboxylic acids is 1. The van der Waals surface area contributed by atoms with E-state index in [1.54, 1.807) is 18.0 Å². The number of hydrogen-bond acceptors (Lipinski definition) is 4. The van der Waals surface area contributed by atoms with Crippen molar-refractivity contribution in [2.45, 2.75) is 30.8 Å². The second kappa shape index (κ2) is 4.40. The highest BCUT2D eigenvalue weighted by atomic mass is 32.2.